The first-order valence-corrected chi connectivity index (χ1v) is 14.6. The molecule has 228 valence electrons. The van der Waals surface area contributed by atoms with E-state index in [1.165, 1.54) is 12.4 Å². The van der Waals surface area contributed by atoms with Crippen LogP contribution in [-0.4, -0.2) is 43.6 Å². The van der Waals surface area contributed by atoms with Crippen LogP contribution in [-0.2, 0) is 16.3 Å². The van der Waals surface area contributed by atoms with Crippen molar-refractivity contribution in [3.05, 3.63) is 75.1 Å². The smallest absolute Gasteiger partial charge is 0.416 e. The lowest BCUT2D eigenvalue weighted by atomic mass is 9.65. The highest BCUT2D eigenvalue weighted by atomic mass is 35.5. The fourth-order valence-corrected chi connectivity index (χ4v) is 6.52. The van der Waals surface area contributed by atoms with Crippen LogP contribution in [0, 0.1) is 0 Å². The van der Waals surface area contributed by atoms with E-state index in [4.69, 9.17) is 37.0 Å². The molecule has 0 unspecified atom stereocenters. The molecule has 5 heterocycles. The van der Waals surface area contributed by atoms with Gasteiger partial charge in [0, 0.05) is 35.0 Å². The van der Waals surface area contributed by atoms with E-state index in [1.54, 1.807) is 0 Å². The van der Waals surface area contributed by atoms with Crippen molar-refractivity contribution in [2.75, 3.05) is 6.61 Å². The van der Waals surface area contributed by atoms with Crippen molar-refractivity contribution in [3.8, 4) is 22.6 Å². The molecule has 2 saturated heterocycles. The number of nitrogens with zero attached hydrogens (tertiary/aromatic N) is 4. The number of aromatic nitrogens is 4. The van der Waals surface area contributed by atoms with E-state index in [-0.39, 0.29) is 29.8 Å². The number of carbonyl (C=O) groups is 1. The van der Waals surface area contributed by atoms with Gasteiger partial charge in [0.2, 0.25) is 11.7 Å². The Bertz CT molecular complexity index is 1770. The zero-order valence-corrected chi connectivity index (χ0v) is 24.3. The van der Waals surface area contributed by atoms with E-state index < -0.39 is 34.3 Å². The van der Waals surface area contributed by atoms with Gasteiger partial charge < -0.3 is 18.9 Å². The maximum atomic E-state index is 13.4. The zero-order valence-electron chi connectivity index (χ0n) is 22.8. The third-order valence-corrected chi connectivity index (χ3v) is 9.26. The molecule has 2 saturated carbocycles. The molecule has 2 aliphatic heterocycles. The number of alkyl halides is 3. The molecule has 0 atom stereocenters. The van der Waals surface area contributed by atoms with Gasteiger partial charge in [0.25, 0.3) is 0 Å². The van der Waals surface area contributed by atoms with Crippen LogP contribution in [0.5, 0.6) is 0 Å². The largest absolute Gasteiger partial charge is 0.478 e. The Balaban J connectivity index is 1.14. The molecule has 4 aliphatic rings. The molecule has 8 rings (SSSR count). The van der Waals surface area contributed by atoms with Gasteiger partial charge in [-0.15, -0.1) is 0 Å². The van der Waals surface area contributed by atoms with E-state index >= 15 is 0 Å². The average molecular weight is 647 g/mol. The minimum atomic E-state index is -4.74. The highest BCUT2D eigenvalue weighted by Crippen LogP contribution is 2.52. The number of carboxylic acids is 1. The lowest BCUT2D eigenvalue weighted by molar-refractivity contribution is -0.137. The number of carboxylic acid groups (broad SMARTS) is 1. The summed E-state index contributed by atoms with van der Waals surface area (Å²) in [4.78, 5) is 19.9. The highest BCUT2D eigenvalue weighted by molar-refractivity contribution is 6.39. The molecular formula is C30H23Cl2F3N4O5. The highest BCUT2D eigenvalue weighted by Gasteiger charge is 2.52. The zero-order chi connectivity index (χ0) is 30.9. The Labute approximate surface area is 258 Å². The van der Waals surface area contributed by atoms with Crippen molar-refractivity contribution in [1.29, 1.82) is 0 Å². The van der Waals surface area contributed by atoms with Gasteiger partial charge in [0.15, 0.2) is 0 Å². The Morgan fingerprint density at radius 2 is 1.75 bits per heavy atom. The molecule has 9 nitrogen and oxygen atoms in total. The summed E-state index contributed by atoms with van der Waals surface area (Å²) in [6, 6.07) is 2.48. The predicted octanol–water partition coefficient (Wildman–Crippen LogP) is 7.98. The van der Waals surface area contributed by atoms with Crippen LogP contribution in [0.4, 0.5) is 13.2 Å². The van der Waals surface area contributed by atoms with Crippen LogP contribution in [0.25, 0.3) is 28.7 Å². The van der Waals surface area contributed by atoms with Crippen molar-refractivity contribution in [1.82, 2.24) is 20.3 Å². The van der Waals surface area contributed by atoms with Crippen LogP contribution in [0.1, 0.15) is 77.6 Å². The van der Waals surface area contributed by atoms with Crippen molar-refractivity contribution in [2.45, 2.75) is 61.6 Å². The summed E-state index contributed by atoms with van der Waals surface area (Å²) in [5.41, 5.74) is -1.03. The third kappa shape index (κ3) is 5.08. The van der Waals surface area contributed by atoms with Crippen molar-refractivity contribution in [3.63, 3.8) is 0 Å². The molecule has 1 N–H and O–H groups in total. The fraction of sp³-hybridized carbons (Fsp3) is 0.367. The molecule has 0 radical (unpaired) electrons. The Kier molecular flexibility index (Phi) is 6.87. The average Bonchev–Trinajstić information content (AvgIpc) is 3.56. The van der Waals surface area contributed by atoms with Crippen LogP contribution in [0.3, 0.4) is 0 Å². The molecule has 1 aromatic carbocycles. The van der Waals surface area contributed by atoms with Gasteiger partial charge in [-0.3, -0.25) is 4.98 Å². The van der Waals surface area contributed by atoms with E-state index in [9.17, 15) is 23.1 Å². The van der Waals surface area contributed by atoms with Crippen LogP contribution < -0.4 is 0 Å². The monoisotopic (exact) mass is 646 g/mol. The predicted molar refractivity (Wildman–Crippen MR) is 151 cm³/mol. The maximum Gasteiger partial charge on any atom is 0.416 e. The molecule has 44 heavy (non-hydrogen) atoms. The van der Waals surface area contributed by atoms with Gasteiger partial charge in [0.1, 0.15) is 11.5 Å². The summed E-state index contributed by atoms with van der Waals surface area (Å²) < 4.78 is 58.0. The van der Waals surface area contributed by atoms with Gasteiger partial charge in [-0.2, -0.15) is 18.2 Å². The molecule has 2 aliphatic carbocycles. The standard InChI is InChI=1S/C30H23Cl2F3N4O5/c31-20-12-36-13-21(32)22(20)23-19(24(43-38-23)15-1-2-15)3-4-29-7-5-28(6-8-29,14-42-29)27-37-25(39-44-27)16-9-17(26(40)41)11-18(10-16)30(33,34)35/h3-4,9-13,15H,1-2,5-8,14H2,(H,40,41). The quantitative estimate of drug-likeness (QED) is 0.213. The minimum Gasteiger partial charge on any atom is -0.478 e. The van der Waals surface area contributed by atoms with Gasteiger partial charge in [-0.05, 0) is 56.7 Å². The number of fused-ring (bicyclic) bond motifs is 3. The van der Waals surface area contributed by atoms with Crippen molar-refractivity contribution < 1.29 is 36.9 Å². The molecule has 4 fully saturated rings. The number of hydrogen-bond donors (Lipinski definition) is 1. The summed E-state index contributed by atoms with van der Waals surface area (Å²) in [5.74, 6) is -0.318. The first-order chi connectivity index (χ1) is 21.0. The second-order valence-electron chi connectivity index (χ2n) is 11.6. The van der Waals surface area contributed by atoms with E-state index in [0.29, 0.717) is 53.1 Å². The normalized spacial score (nSPS) is 23.5. The molecular weight excluding hydrogens is 624 g/mol. The number of benzene rings is 1. The third-order valence-electron chi connectivity index (χ3n) is 8.68. The lowest BCUT2D eigenvalue weighted by Gasteiger charge is -2.50. The summed E-state index contributed by atoms with van der Waals surface area (Å²) in [6.07, 6.45) is 6.79. The van der Waals surface area contributed by atoms with Crippen LogP contribution in [0.2, 0.25) is 10.0 Å². The van der Waals surface area contributed by atoms with E-state index in [0.717, 1.165) is 36.3 Å². The second kappa shape index (κ2) is 10.4. The molecule has 3 aromatic heterocycles. The molecule has 2 bridgehead atoms. The number of hydrogen-bond acceptors (Lipinski definition) is 8. The van der Waals surface area contributed by atoms with E-state index in [2.05, 4.69) is 20.3 Å². The number of rotatable bonds is 7. The number of ether oxygens (including phenoxy) is 1. The second-order valence-corrected chi connectivity index (χ2v) is 12.4. The van der Waals surface area contributed by atoms with Gasteiger partial charge in [-0.25, -0.2) is 4.79 Å². The summed E-state index contributed by atoms with van der Waals surface area (Å²) >= 11 is 12.9. The molecule has 0 amide bonds. The topological polar surface area (TPSA) is 124 Å². The van der Waals surface area contributed by atoms with Crippen LogP contribution >= 0.6 is 23.2 Å². The van der Waals surface area contributed by atoms with Gasteiger partial charge in [-0.1, -0.05) is 45.7 Å². The summed E-state index contributed by atoms with van der Waals surface area (Å²) in [6.45, 7) is 0.260. The lowest BCUT2D eigenvalue weighted by Crippen LogP contribution is -2.52. The molecule has 14 heteroatoms. The number of halogens is 5. The van der Waals surface area contributed by atoms with Crippen LogP contribution in [0.15, 0.2) is 45.7 Å². The summed E-state index contributed by atoms with van der Waals surface area (Å²) in [7, 11) is 0. The molecule has 4 aromatic rings. The first-order valence-electron chi connectivity index (χ1n) is 13.9. The minimum absolute atomic E-state index is 0.0983. The fourth-order valence-electron chi connectivity index (χ4n) is 5.98. The van der Waals surface area contributed by atoms with Crippen molar-refractivity contribution >= 4 is 35.2 Å². The Morgan fingerprint density at radius 1 is 1.02 bits per heavy atom. The van der Waals surface area contributed by atoms with Gasteiger partial charge in [0.05, 0.1) is 38.8 Å². The van der Waals surface area contributed by atoms with Crippen molar-refractivity contribution in [2.24, 2.45) is 0 Å². The Hall–Kier alpha value is -3.74. The van der Waals surface area contributed by atoms with E-state index in [1.807, 2.05) is 12.2 Å². The SMILES string of the molecule is O=C(O)c1cc(-c2noc(C34CCC(C=Cc5c(-c6c(Cl)cncc6Cl)noc5C5CC5)(CC3)OC4)n2)cc(C(F)(F)F)c1. The first kappa shape index (κ1) is 29.0. The maximum absolute atomic E-state index is 13.4. The summed E-state index contributed by atoms with van der Waals surface area (Å²) in [5, 5.41) is 18.3. The molecule has 0 spiro atoms. The Morgan fingerprint density at radius 3 is 2.36 bits per heavy atom. The van der Waals surface area contributed by atoms with Gasteiger partial charge >= 0.3 is 12.1 Å². The number of aromatic carboxylic acids is 1. The number of pyridine rings is 1.